The summed E-state index contributed by atoms with van der Waals surface area (Å²) >= 11 is 0. The van der Waals surface area contributed by atoms with Crippen molar-refractivity contribution in [2.45, 2.75) is 6.92 Å². The van der Waals surface area contributed by atoms with E-state index in [0.29, 0.717) is 0 Å². The summed E-state index contributed by atoms with van der Waals surface area (Å²) in [5.74, 6) is 0. The molecule has 7 heavy (non-hydrogen) atoms. The SMILES string of the molecule is CCO.[CH3-].[Na+].[Na+].[OH-]. The van der Waals surface area contributed by atoms with Crippen LogP contribution in [0.4, 0.5) is 0 Å². The molecule has 0 bridgehead atoms. The second-order valence-corrected chi connectivity index (χ2v) is 0.316. The second kappa shape index (κ2) is 44.5. The van der Waals surface area contributed by atoms with E-state index in [4.69, 9.17) is 5.11 Å². The van der Waals surface area contributed by atoms with Gasteiger partial charge in [-0.25, -0.2) is 0 Å². The van der Waals surface area contributed by atoms with Crippen molar-refractivity contribution in [2.75, 3.05) is 6.61 Å². The maximum Gasteiger partial charge on any atom is 1.00 e. The van der Waals surface area contributed by atoms with Gasteiger partial charge < -0.3 is 18.0 Å². The van der Waals surface area contributed by atoms with Crippen molar-refractivity contribution in [3.05, 3.63) is 7.43 Å². The van der Waals surface area contributed by atoms with Gasteiger partial charge in [-0.15, -0.1) is 0 Å². The monoisotopic (exact) mass is 124 g/mol. The van der Waals surface area contributed by atoms with Crippen molar-refractivity contribution in [2.24, 2.45) is 0 Å². The molecule has 0 amide bonds. The van der Waals surface area contributed by atoms with E-state index in [1.165, 1.54) is 0 Å². The summed E-state index contributed by atoms with van der Waals surface area (Å²) in [5, 5.41) is 7.57. The Hall–Kier alpha value is 1.92. The van der Waals surface area contributed by atoms with Gasteiger partial charge in [0.05, 0.1) is 0 Å². The summed E-state index contributed by atoms with van der Waals surface area (Å²) in [6.45, 7) is 1.93. The van der Waals surface area contributed by atoms with E-state index < -0.39 is 0 Å². The van der Waals surface area contributed by atoms with Crippen LogP contribution >= 0.6 is 0 Å². The van der Waals surface area contributed by atoms with Crippen LogP contribution in [0.3, 0.4) is 0 Å². The normalized spacial score (nSPS) is 2.57. The van der Waals surface area contributed by atoms with Crippen molar-refractivity contribution in [1.82, 2.24) is 0 Å². The molecule has 0 unspecified atom stereocenters. The smallest absolute Gasteiger partial charge is 0.870 e. The van der Waals surface area contributed by atoms with Gasteiger partial charge in [0.2, 0.25) is 0 Å². The van der Waals surface area contributed by atoms with E-state index in [1.54, 1.807) is 6.92 Å². The molecule has 0 fully saturated rings. The fraction of sp³-hybridized carbons (Fsp3) is 0.667. The Balaban J connectivity index is -0.00000000333. The zero-order valence-corrected chi connectivity index (χ0v) is 9.60. The molecule has 0 aromatic heterocycles. The molecule has 2 nitrogen and oxygen atoms in total. The van der Waals surface area contributed by atoms with Gasteiger partial charge in [0, 0.05) is 6.61 Å². The Bertz CT molecular complexity index is 10.9. The third kappa shape index (κ3) is 75.3. The Kier molecular flexibility index (Phi) is 231. The molecule has 4 heteroatoms. The van der Waals surface area contributed by atoms with E-state index in [1.807, 2.05) is 0 Å². The predicted molar refractivity (Wildman–Crippen MR) is 21.1 cm³/mol. The third-order valence-electron chi connectivity index (χ3n) is 0. The topological polar surface area (TPSA) is 50.2 Å². The first kappa shape index (κ1) is 36.4. The summed E-state index contributed by atoms with van der Waals surface area (Å²) in [4.78, 5) is 0. The fourth-order valence-corrected chi connectivity index (χ4v) is 0. The molecule has 0 saturated carbocycles. The summed E-state index contributed by atoms with van der Waals surface area (Å²) in [7, 11) is 0. The third-order valence-corrected chi connectivity index (χ3v) is 0. The Morgan fingerprint density at radius 1 is 1.29 bits per heavy atom. The summed E-state index contributed by atoms with van der Waals surface area (Å²) in [5.41, 5.74) is 0. The van der Waals surface area contributed by atoms with E-state index in [9.17, 15) is 0 Å². The van der Waals surface area contributed by atoms with E-state index >= 15 is 0 Å². The van der Waals surface area contributed by atoms with Crippen molar-refractivity contribution >= 4 is 0 Å². The fourth-order valence-electron chi connectivity index (χ4n) is 0. The van der Waals surface area contributed by atoms with Gasteiger partial charge >= 0.3 is 59.1 Å². The first-order valence-electron chi connectivity index (χ1n) is 1.02. The molecule has 0 heterocycles. The molecule has 0 rings (SSSR count). The van der Waals surface area contributed by atoms with Gasteiger partial charge in [0.25, 0.3) is 0 Å². The maximum absolute atomic E-state index is 7.57. The van der Waals surface area contributed by atoms with Gasteiger partial charge in [-0.05, 0) is 6.92 Å². The number of rotatable bonds is 0. The molecular formula is C3H10Na2O2. The Morgan fingerprint density at radius 2 is 1.29 bits per heavy atom. The van der Waals surface area contributed by atoms with Crippen LogP contribution in [0.25, 0.3) is 0 Å². The van der Waals surface area contributed by atoms with E-state index in [-0.39, 0.29) is 78.6 Å². The standard InChI is InChI=1S/C2H6O.CH3.2Na.H2O/c1-2-3;;;;/h3H,2H2,1H3;1H3;;;1H2/q;-1;2*+1;/p-1. The molecular weight excluding hydrogens is 114 g/mol. The van der Waals surface area contributed by atoms with Gasteiger partial charge in [0.1, 0.15) is 0 Å². The van der Waals surface area contributed by atoms with Crippen LogP contribution in [-0.4, -0.2) is 17.2 Å². The van der Waals surface area contributed by atoms with Gasteiger partial charge in [-0.1, -0.05) is 0 Å². The molecule has 0 saturated heterocycles. The van der Waals surface area contributed by atoms with Crippen molar-refractivity contribution in [3.8, 4) is 0 Å². The molecule has 0 aliphatic rings. The molecule has 36 valence electrons. The Labute approximate surface area is 89.6 Å². The van der Waals surface area contributed by atoms with Crippen LogP contribution in [0.15, 0.2) is 0 Å². The number of aliphatic hydroxyl groups excluding tert-OH is 1. The molecule has 0 spiro atoms. The molecule has 0 radical (unpaired) electrons. The minimum Gasteiger partial charge on any atom is -0.870 e. The minimum absolute atomic E-state index is 0. The molecule has 2 N–H and O–H groups in total. The van der Waals surface area contributed by atoms with Crippen LogP contribution in [0.2, 0.25) is 0 Å². The largest absolute Gasteiger partial charge is 1.00 e. The number of hydrogen-bond acceptors (Lipinski definition) is 2. The average molecular weight is 124 g/mol. The molecule has 0 aliphatic heterocycles. The Morgan fingerprint density at radius 3 is 1.29 bits per heavy atom. The van der Waals surface area contributed by atoms with Crippen LogP contribution < -0.4 is 59.1 Å². The van der Waals surface area contributed by atoms with E-state index in [0.717, 1.165) is 0 Å². The predicted octanol–water partition coefficient (Wildman–Crippen LogP) is -5.72. The zero-order valence-electron chi connectivity index (χ0n) is 5.60. The number of hydrogen-bond donors (Lipinski definition) is 1. The molecule has 0 atom stereocenters. The average Bonchev–Trinajstić information content (AvgIpc) is 0.918. The minimum atomic E-state index is 0. The van der Waals surface area contributed by atoms with Crippen molar-refractivity contribution < 1.29 is 69.7 Å². The van der Waals surface area contributed by atoms with Crippen molar-refractivity contribution in [3.63, 3.8) is 0 Å². The maximum atomic E-state index is 7.57. The molecule has 0 aromatic carbocycles. The zero-order chi connectivity index (χ0) is 2.71. The van der Waals surface area contributed by atoms with Gasteiger partial charge in [-0.3, -0.25) is 0 Å². The number of aliphatic hydroxyl groups is 1. The second-order valence-electron chi connectivity index (χ2n) is 0.316. The van der Waals surface area contributed by atoms with Gasteiger partial charge in [0.15, 0.2) is 0 Å². The molecule has 0 aliphatic carbocycles. The first-order chi connectivity index (χ1) is 1.41. The van der Waals surface area contributed by atoms with Crippen LogP contribution in [-0.2, 0) is 0 Å². The first-order valence-corrected chi connectivity index (χ1v) is 1.02. The van der Waals surface area contributed by atoms with Crippen LogP contribution in [0, 0.1) is 7.43 Å². The molecule has 0 aromatic rings. The van der Waals surface area contributed by atoms with Gasteiger partial charge in [-0.2, -0.15) is 0 Å². The summed E-state index contributed by atoms with van der Waals surface area (Å²) in [6, 6.07) is 0. The van der Waals surface area contributed by atoms with Crippen LogP contribution in [0.1, 0.15) is 6.92 Å². The summed E-state index contributed by atoms with van der Waals surface area (Å²) in [6.07, 6.45) is 0. The summed E-state index contributed by atoms with van der Waals surface area (Å²) < 4.78 is 0. The van der Waals surface area contributed by atoms with Crippen LogP contribution in [0.5, 0.6) is 0 Å². The quantitative estimate of drug-likeness (QED) is 0.258. The van der Waals surface area contributed by atoms with E-state index in [2.05, 4.69) is 0 Å². The van der Waals surface area contributed by atoms with Crippen molar-refractivity contribution in [1.29, 1.82) is 0 Å².